The van der Waals surface area contributed by atoms with E-state index in [1.165, 1.54) is 0 Å². The number of hydrogen-bond donors (Lipinski definition) is 0. The van der Waals surface area contributed by atoms with Gasteiger partial charge in [0.15, 0.2) is 0 Å². The van der Waals surface area contributed by atoms with Gasteiger partial charge in [0.1, 0.15) is 0 Å². The van der Waals surface area contributed by atoms with Crippen LogP contribution < -0.4 is 0 Å². The number of hydrogen-bond acceptors (Lipinski definition) is 3. The molecule has 0 aliphatic carbocycles. The Balaban J connectivity index is 1.60. The average molecular weight is 186 g/mol. The molecule has 0 N–H and O–H groups in total. The first-order chi connectivity index (χ1) is 6.35. The lowest BCUT2D eigenvalue weighted by Gasteiger charge is -2.41. The van der Waals surface area contributed by atoms with E-state index in [-0.39, 0.29) is 0 Å². The van der Waals surface area contributed by atoms with Crippen LogP contribution in [0.4, 0.5) is 0 Å². The summed E-state index contributed by atoms with van der Waals surface area (Å²) in [4.78, 5) is 0. The first-order valence-electron chi connectivity index (χ1n) is 5.12. The van der Waals surface area contributed by atoms with Crippen molar-refractivity contribution in [2.24, 2.45) is 5.41 Å². The summed E-state index contributed by atoms with van der Waals surface area (Å²) in [5.74, 6) is 0. The summed E-state index contributed by atoms with van der Waals surface area (Å²) in [6, 6.07) is 0. The van der Waals surface area contributed by atoms with Crippen LogP contribution in [0, 0.1) is 5.41 Å². The molecular formula is C10H18O3. The highest BCUT2D eigenvalue weighted by atomic mass is 16.6. The Hall–Kier alpha value is -0.120. The van der Waals surface area contributed by atoms with Gasteiger partial charge in [0.25, 0.3) is 0 Å². The van der Waals surface area contributed by atoms with Crippen LogP contribution in [0.25, 0.3) is 0 Å². The van der Waals surface area contributed by atoms with Crippen LogP contribution in [0.15, 0.2) is 0 Å². The first-order valence-corrected chi connectivity index (χ1v) is 5.12. The van der Waals surface area contributed by atoms with E-state index in [2.05, 4.69) is 6.92 Å². The van der Waals surface area contributed by atoms with Crippen molar-refractivity contribution in [3.8, 4) is 0 Å². The van der Waals surface area contributed by atoms with Gasteiger partial charge in [-0.05, 0) is 12.8 Å². The monoisotopic (exact) mass is 186 g/mol. The minimum atomic E-state index is 0.323. The third kappa shape index (κ3) is 2.03. The fourth-order valence-corrected chi connectivity index (χ4v) is 1.60. The second-order valence-corrected chi connectivity index (χ2v) is 4.14. The molecule has 3 heteroatoms. The first kappa shape index (κ1) is 9.44. The van der Waals surface area contributed by atoms with E-state index in [4.69, 9.17) is 14.2 Å². The maximum atomic E-state index is 5.63. The van der Waals surface area contributed by atoms with Gasteiger partial charge in [-0.3, -0.25) is 0 Å². The van der Waals surface area contributed by atoms with E-state index in [1.807, 2.05) is 0 Å². The van der Waals surface area contributed by atoms with Crippen molar-refractivity contribution in [2.45, 2.75) is 25.9 Å². The second-order valence-electron chi connectivity index (χ2n) is 4.14. The Kier molecular flexibility index (Phi) is 2.86. The van der Waals surface area contributed by atoms with Gasteiger partial charge in [0, 0.05) is 12.0 Å². The Morgan fingerprint density at radius 3 is 2.62 bits per heavy atom. The summed E-state index contributed by atoms with van der Waals surface area (Å²) in [5.41, 5.74) is 0.323. The average Bonchev–Trinajstić information content (AvgIpc) is 1.99. The van der Waals surface area contributed by atoms with Crippen molar-refractivity contribution in [1.82, 2.24) is 0 Å². The number of ether oxygens (including phenoxy) is 3. The molecule has 0 spiro atoms. The summed E-state index contributed by atoms with van der Waals surface area (Å²) in [5, 5.41) is 0. The normalized spacial score (nSPS) is 30.7. The second kappa shape index (κ2) is 3.95. The van der Waals surface area contributed by atoms with E-state index in [1.54, 1.807) is 0 Å². The standard InChI is InChI=1S/C10H18O3/c1-2-10(7-12-8-10)6-11-5-9-3-4-13-9/h9H,2-8H2,1H3. The Morgan fingerprint density at radius 2 is 2.23 bits per heavy atom. The lowest BCUT2D eigenvalue weighted by molar-refractivity contribution is -0.167. The Labute approximate surface area is 79.4 Å². The van der Waals surface area contributed by atoms with Gasteiger partial charge in [-0.15, -0.1) is 0 Å². The molecule has 2 rings (SSSR count). The molecule has 13 heavy (non-hydrogen) atoms. The van der Waals surface area contributed by atoms with E-state index in [9.17, 15) is 0 Å². The van der Waals surface area contributed by atoms with Crippen molar-refractivity contribution in [3.63, 3.8) is 0 Å². The van der Waals surface area contributed by atoms with Gasteiger partial charge in [-0.25, -0.2) is 0 Å². The fraction of sp³-hybridized carbons (Fsp3) is 1.00. The fourth-order valence-electron chi connectivity index (χ4n) is 1.60. The van der Waals surface area contributed by atoms with Crippen LogP contribution in [-0.2, 0) is 14.2 Å². The van der Waals surface area contributed by atoms with E-state index in [0.717, 1.165) is 45.9 Å². The molecule has 1 atom stereocenters. The molecule has 1 unspecified atom stereocenters. The lowest BCUT2D eigenvalue weighted by atomic mass is 9.84. The molecule has 0 amide bonds. The van der Waals surface area contributed by atoms with Crippen LogP contribution in [-0.4, -0.2) is 39.1 Å². The minimum absolute atomic E-state index is 0.323. The molecule has 2 heterocycles. The van der Waals surface area contributed by atoms with Gasteiger partial charge in [-0.1, -0.05) is 6.92 Å². The highest BCUT2D eigenvalue weighted by Crippen LogP contribution is 2.31. The maximum absolute atomic E-state index is 5.63. The molecule has 0 bridgehead atoms. The predicted molar refractivity (Wildman–Crippen MR) is 48.7 cm³/mol. The van der Waals surface area contributed by atoms with Crippen LogP contribution in [0.5, 0.6) is 0 Å². The van der Waals surface area contributed by atoms with E-state index < -0.39 is 0 Å². The van der Waals surface area contributed by atoms with E-state index >= 15 is 0 Å². The van der Waals surface area contributed by atoms with Gasteiger partial charge in [0.05, 0.1) is 32.5 Å². The highest BCUT2D eigenvalue weighted by molar-refractivity contribution is 4.84. The minimum Gasteiger partial charge on any atom is -0.380 e. The highest BCUT2D eigenvalue weighted by Gasteiger charge is 2.37. The topological polar surface area (TPSA) is 27.7 Å². The van der Waals surface area contributed by atoms with Crippen LogP contribution >= 0.6 is 0 Å². The zero-order chi connectivity index (χ0) is 9.15. The van der Waals surface area contributed by atoms with Gasteiger partial charge >= 0.3 is 0 Å². The van der Waals surface area contributed by atoms with E-state index in [0.29, 0.717) is 11.5 Å². The summed E-state index contributed by atoms with van der Waals surface area (Å²) >= 11 is 0. The Bertz CT molecular complexity index is 156. The molecule has 0 saturated carbocycles. The summed E-state index contributed by atoms with van der Waals surface area (Å²) in [6.45, 7) is 6.46. The maximum Gasteiger partial charge on any atom is 0.0830 e. The van der Waals surface area contributed by atoms with Gasteiger partial charge < -0.3 is 14.2 Å². The largest absolute Gasteiger partial charge is 0.380 e. The third-order valence-corrected chi connectivity index (χ3v) is 3.07. The molecule has 2 fully saturated rings. The van der Waals surface area contributed by atoms with Crippen molar-refractivity contribution >= 4 is 0 Å². The Morgan fingerprint density at radius 1 is 1.46 bits per heavy atom. The zero-order valence-corrected chi connectivity index (χ0v) is 8.25. The lowest BCUT2D eigenvalue weighted by Crippen LogP contribution is -2.46. The van der Waals surface area contributed by atoms with Crippen LogP contribution in [0.1, 0.15) is 19.8 Å². The molecule has 0 aromatic rings. The van der Waals surface area contributed by atoms with Crippen molar-refractivity contribution in [1.29, 1.82) is 0 Å². The molecule has 0 radical (unpaired) electrons. The quantitative estimate of drug-likeness (QED) is 0.646. The summed E-state index contributed by atoms with van der Waals surface area (Å²) in [6.07, 6.45) is 2.68. The molecule has 2 aliphatic heterocycles. The van der Waals surface area contributed by atoms with Crippen molar-refractivity contribution in [3.05, 3.63) is 0 Å². The molecule has 0 aromatic heterocycles. The van der Waals surface area contributed by atoms with Crippen LogP contribution in [0.3, 0.4) is 0 Å². The SMILES string of the molecule is CCC1(COCC2CCO2)COC1. The molecular weight excluding hydrogens is 168 g/mol. The summed E-state index contributed by atoms with van der Waals surface area (Å²) < 4.78 is 16.1. The predicted octanol–water partition coefficient (Wildman–Crippen LogP) is 1.22. The van der Waals surface area contributed by atoms with Gasteiger partial charge in [-0.2, -0.15) is 0 Å². The summed E-state index contributed by atoms with van der Waals surface area (Å²) in [7, 11) is 0. The zero-order valence-electron chi connectivity index (χ0n) is 8.25. The third-order valence-electron chi connectivity index (χ3n) is 3.07. The molecule has 3 nitrogen and oxygen atoms in total. The van der Waals surface area contributed by atoms with Crippen molar-refractivity contribution in [2.75, 3.05) is 33.0 Å². The molecule has 0 aromatic carbocycles. The molecule has 2 aliphatic rings. The molecule has 2 saturated heterocycles. The smallest absolute Gasteiger partial charge is 0.0830 e. The van der Waals surface area contributed by atoms with Crippen molar-refractivity contribution < 1.29 is 14.2 Å². The number of rotatable bonds is 5. The molecule has 76 valence electrons. The van der Waals surface area contributed by atoms with Crippen LogP contribution in [0.2, 0.25) is 0 Å². The van der Waals surface area contributed by atoms with Gasteiger partial charge in [0.2, 0.25) is 0 Å².